The van der Waals surface area contributed by atoms with Crippen molar-refractivity contribution in [2.24, 2.45) is 4.99 Å². The predicted octanol–water partition coefficient (Wildman–Crippen LogP) is 4.89. The van der Waals surface area contributed by atoms with E-state index in [0.29, 0.717) is 34.5 Å². The van der Waals surface area contributed by atoms with Crippen molar-refractivity contribution in [2.75, 3.05) is 20.3 Å². The van der Waals surface area contributed by atoms with E-state index in [2.05, 4.69) is 11.9 Å². The molecular formula is C23H24N2O4S. The van der Waals surface area contributed by atoms with Gasteiger partial charge >= 0.3 is 5.97 Å². The number of aliphatic imine (C=N–C) groups is 1. The number of ether oxygens (including phenoxy) is 2. The van der Waals surface area contributed by atoms with Crippen molar-refractivity contribution in [3.63, 3.8) is 0 Å². The number of hydrogen-bond acceptors (Lipinski definition) is 6. The number of hydrogen-bond donors (Lipinski definition) is 0. The summed E-state index contributed by atoms with van der Waals surface area (Å²) in [5.41, 5.74) is 2.04. The minimum Gasteiger partial charge on any atom is -0.494 e. The van der Waals surface area contributed by atoms with Gasteiger partial charge in [-0.3, -0.25) is 9.69 Å². The molecule has 0 atom stereocenters. The normalized spacial score (nSPS) is 16.4. The lowest BCUT2D eigenvalue weighted by Gasteiger charge is -2.12. The van der Waals surface area contributed by atoms with Crippen molar-refractivity contribution >= 4 is 40.6 Å². The molecule has 1 saturated heterocycles. The van der Waals surface area contributed by atoms with Crippen LogP contribution in [0.5, 0.6) is 5.75 Å². The Morgan fingerprint density at radius 2 is 1.80 bits per heavy atom. The van der Waals surface area contributed by atoms with E-state index in [9.17, 15) is 9.59 Å². The number of carbonyl (C=O) groups excluding carboxylic acids is 2. The van der Waals surface area contributed by atoms with Crippen LogP contribution in [0.3, 0.4) is 0 Å². The van der Waals surface area contributed by atoms with Crippen molar-refractivity contribution in [3.8, 4) is 5.75 Å². The van der Waals surface area contributed by atoms with Gasteiger partial charge in [0, 0.05) is 6.54 Å². The lowest BCUT2D eigenvalue weighted by atomic mass is 10.2. The number of amidine groups is 1. The number of methoxy groups -OCH3 is 1. The molecule has 6 nitrogen and oxygen atoms in total. The van der Waals surface area contributed by atoms with Gasteiger partial charge in [0.1, 0.15) is 5.75 Å². The first kappa shape index (κ1) is 21.6. The van der Waals surface area contributed by atoms with Gasteiger partial charge in [0.25, 0.3) is 5.91 Å². The standard InChI is InChI=1S/C23H24N2O4S/c1-4-14-29-19-12-6-16(7-13-19)15-20-21(26)25(5-2)23(30-20)24-18-10-8-17(9-11-18)22(27)28-3/h6-13,15H,4-5,14H2,1-3H3/b20-15+,24-23?. The lowest BCUT2D eigenvalue weighted by molar-refractivity contribution is -0.122. The molecule has 2 aromatic rings. The van der Waals surface area contributed by atoms with Gasteiger partial charge in [-0.05, 0) is 73.1 Å². The summed E-state index contributed by atoms with van der Waals surface area (Å²) in [7, 11) is 1.34. The first-order valence-corrected chi connectivity index (χ1v) is 10.6. The van der Waals surface area contributed by atoms with Gasteiger partial charge < -0.3 is 9.47 Å². The molecule has 0 spiro atoms. The van der Waals surface area contributed by atoms with Crippen LogP contribution in [0.4, 0.5) is 5.69 Å². The summed E-state index contributed by atoms with van der Waals surface area (Å²) in [5.74, 6) is 0.349. The SMILES string of the molecule is CCCOc1ccc(/C=C2/SC(=Nc3ccc(C(=O)OC)cc3)N(CC)C2=O)cc1. The average molecular weight is 425 g/mol. The molecule has 1 heterocycles. The zero-order valence-electron chi connectivity index (χ0n) is 17.3. The first-order chi connectivity index (χ1) is 14.5. The molecule has 1 aliphatic heterocycles. The Balaban J connectivity index is 1.79. The summed E-state index contributed by atoms with van der Waals surface area (Å²) in [4.78, 5) is 31.2. The number of thioether (sulfide) groups is 1. The van der Waals surface area contributed by atoms with Gasteiger partial charge in [-0.1, -0.05) is 19.1 Å². The number of carbonyl (C=O) groups is 2. The molecule has 0 N–H and O–H groups in total. The van der Waals surface area contributed by atoms with Crippen LogP contribution in [0.25, 0.3) is 6.08 Å². The molecule has 0 radical (unpaired) electrons. The van der Waals surface area contributed by atoms with E-state index in [-0.39, 0.29) is 5.91 Å². The van der Waals surface area contributed by atoms with E-state index >= 15 is 0 Å². The zero-order valence-corrected chi connectivity index (χ0v) is 18.1. The Morgan fingerprint density at radius 1 is 1.10 bits per heavy atom. The minimum atomic E-state index is -0.397. The molecule has 1 aliphatic rings. The monoisotopic (exact) mass is 424 g/mol. The van der Waals surface area contributed by atoms with Gasteiger partial charge in [0.15, 0.2) is 5.17 Å². The Morgan fingerprint density at radius 3 is 2.40 bits per heavy atom. The first-order valence-electron chi connectivity index (χ1n) is 9.77. The number of amides is 1. The smallest absolute Gasteiger partial charge is 0.337 e. The Bertz CT molecular complexity index is 966. The minimum absolute atomic E-state index is 0.0706. The highest BCUT2D eigenvalue weighted by Crippen LogP contribution is 2.34. The van der Waals surface area contributed by atoms with Crippen LogP contribution in [-0.4, -0.2) is 42.2 Å². The van der Waals surface area contributed by atoms with E-state index < -0.39 is 5.97 Å². The van der Waals surface area contributed by atoms with Gasteiger partial charge in [0.05, 0.1) is 29.9 Å². The maximum absolute atomic E-state index is 12.8. The van der Waals surface area contributed by atoms with Crippen LogP contribution >= 0.6 is 11.8 Å². The largest absolute Gasteiger partial charge is 0.494 e. The predicted molar refractivity (Wildman–Crippen MR) is 120 cm³/mol. The van der Waals surface area contributed by atoms with Crippen molar-refractivity contribution < 1.29 is 19.1 Å². The van der Waals surface area contributed by atoms with Crippen LogP contribution in [0.15, 0.2) is 58.4 Å². The van der Waals surface area contributed by atoms with Gasteiger partial charge in [-0.2, -0.15) is 0 Å². The Hall–Kier alpha value is -3.06. The molecule has 0 aliphatic carbocycles. The topological polar surface area (TPSA) is 68.2 Å². The van der Waals surface area contributed by atoms with E-state index in [4.69, 9.17) is 9.47 Å². The number of benzene rings is 2. The van der Waals surface area contributed by atoms with Crippen LogP contribution in [0, 0.1) is 0 Å². The van der Waals surface area contributed by atoms with E-state index in [1.165, 1.54) is 18.9 Å². The molecule has 2 aromatic carbocycles. The number of esters is 1. The third-order valence-electron chi connectivity index (χ3n) is 4.37. The van der Waals surface area contributed by atoms with Crippen molar-refractivity contribution in [1.82, 2.24) is 4.90 Å². The summed E-state index contributed by atoms with van der Waals surface area (Å²) in [6.07, 6.45) is 2.82. The molecule has 0 aromatic heterocycles. The molecule has 1 fully saturated rings. The molecular weight excluding hydrogens is 400 g/mol. The Labute approximate surface area is 180 Å². The summed E-state index contributed by atoms with van der Waals surface area (Å²) < 4.78 is 10.3. The fourth-order valence-electron chi connectivity index (χ4n) is 2.80. The summed E-state index contributed by atoms with van der Waals surface area (Å²) in [6.45, 7) is 5.18. The molecule has 156 valence electrons. The second kappa shape index (κ2) is 10.1. The fraction of sp³-hybridized carbons (Fsp3) is 0.261. The third kappa shape index (κ3) is 5.10. The van der Waals surface area contributed by atoms with Gasteiger partial charge in [-0.25, -0.2) is 9.79 Å². The van der Waals surface area contributed by atoms with Crippen molar-refractivity contribution in [1.29, 1.82) is 0 Å². The molecule has 7 heteroatoms. The van der Waals surface area contributed by atoms with Crippen LogP contribution in [0.2, 0.25) is 0 Å². The summed E-state index contributed by atoms with van der Waals surface area (Å²) in [6, 6.07) is 14.4. The number of rotatable bonds is 7. The highest BCUT2D eigenvalue weighted by Gasteiger charge is 2.32. The zero-order chi connectivity index (χ0) is 21.5. The van der Waals surface area contributed by atoms with E-state index in [1.54, 1.807) is 29.2 Å². The highest BCUT2D eigenvalue weighted by atomic mass is 32.2. The quantitative estimate of drug-likeness (QED) is 0.468. The number of likely N-dealkylation sites (N-methyl/N-ethyl adjacent to an activating group) is 1. The summed E-state index contributed by atoms with van der Waals surface area (Å²) >= 11 is 1.34. The molecule has 0 bridgehead atoms. The maximum atomic E-state index is 12.8. The Kier molecular flexibility index (Phi) is 7.30. The summed E-state index contributed by atoms with van der Waals surface area (Å²) in [5, 5.41) is 0.613. The van der Waals surface area contributed by atoms with Crippen molar-refractivity contribution in [3.05, 3.63) is 64.6 Å². The van der Waals surface area contributed by atoms with E-state index in [0.717, 1.165) is 17.7 Å². The van der Waals surface area contributed by atoms with Gasteiger partial charge in [0.2, 0.25) is 0 Å². The third-order valence-corrected chi connectivity index (χ3v) is 5.37. The van der Waals surface area contributed by atoms with Gasteiger partial charge in [-0.15, -0.1) is 0 Å². The molecule has 0 unspecified atom stereocenters. The lowest BCUT2D eigenvalue weighted by Crippen LogP contribution is -2.28. The average Bonchev–Trinajstić information content (AvgIpc) is 3.07. The maximum Gasteiger partial charge on any atom is 0.337 e. The molecule has 3 rings (SSSR count). The molecule has 0 saturated carbocycles. The van der Waals surface area contributed by atoms with Crippen LogP contribution < -0.4 is 4.74 Å². The highest BCUT2D eigenvalue weighted by molar-refractivity contribution is 8.18. The molecule has 1 amide bonds. The van der Waals surface area contributed by atoms with Crippen LogP contribution in [0.1, 0.15) is 36.2 Å². The van der Waals surface area contributed by atoms with E-state index in [1.807, 2.05) is 37.3 Å². The second-order valence-corrected chi connectivity index (χ2v) is 7.52. The fourth-order valence-corrected chi connectivity index (χ4v) is 3.86. The van der Waals surface area contributed by atoms with Crippen molar-refractivity contribution in [2.45, 2.75) is 20.3 Å². The molecule has 30 heavy (non-hydrogen) atoms. The van der Waals surface area contributed by atoms with Crippen LogP contribution in [-0.2, 0) is 9.53 Å². The second-order valence-electron chi connectivity index (χ2n) is 6.51. The number of nitrogens with zero attached hydrogens (tertiary/aromatic N) is 2.